The highest BCUT2D eigenvalue weighted by molar-refractivity contribution is 7.80. The number of nitrogens with zero attached hydrogens (tertiary/aromatic N) is 5. The Morgan fingerprint density at radius 1 is 1.09 bits per heavy atom. The number of aromatic nitrogens is 2. The summed E-state index contributed by atoms with van der Waals surface area (Å²) in [5, 5.41) is 3.35. The van der Waals surface area contributed by atoms with Gasteiger partial charge in [0.1, 0.15) is 17.7 Å². The molecule has 2 aromatic rings. The molecule has 0 bridgehead atoms. The van der Waals surface area contributed by atoms with Crippen LogP contribution < -0.4 is 19.9 Å². The van der Waals surface area contributed by atoms with Crippen LogP contribution >= 0.6 is 12.2 Å². The van der Waals surface area contributed by atoms with E-state index in [9.17, 15) is 9.59 Å². The minimum Gasteiger partial charge on any atom is -0.409 e. The van der Waals surface area contributed by atoms with E-state index in [-0.39, 0.29) is 17.9 Å². The fourth-order valence-electron chi connectivity index (χ4n) is 3.66. The maximum atomic E-state index is 12.6. The summed E-state index contributed by atoms with van der Waals surface area (Å²) in [6.07, 6.45) is 2.84. The standard InChI is InChI=1S/C22H26N6O3S/c1-14(2)19-20(29)28(21(32)25-19)18-7-5-16(13-24-18)31-22(30)27-10-8-26(9-11-27)17-6-4-15(3)12-23-17/h4-7,12-14,19H,8-11H2,1-3H3,(H,25,32). The van der Waals surface area contributed by atoms with E-state index in [0.717, 1.165) is 11.4 Å². The lowest BCUT2D eigenvalue weighted by molar-refractivity contribution is -0.119. The molecule has 0 saturated carbocycles. The van der Waals surface area contributed by atoms with E-state index in [1.807, 2.05) is 39.1 Å². The second-order valence-corrected chi connectivity index (χ2v) is 8.62. The molecule has 0 aromatic carbocycles. The molecule has 9 nitrogen and oxygen atoms in total. The normalized spacial score (nSPS) is 18.9. The van der Waals surface area contributed by atoms with Crippen LogP contribution in [0.4, 0.5) is 16.4 Å². The molecule has 2 fully saturated rings. The molecule has 0 radical (unpaired) electrons. The van der Waals surface area contributed by atoms with E-state index in [1.54, 1.807) is 17.0 Å². The molecule has 168 valence electrons. The summed E-state index contributed by atoms with van der Waals surface area (Å²) in [4.78, 5) is 39.1. The fraction of sp³-hybridized carbons (Fsp3) is 0.409. The quantitative estimate of drug-likeness (QED) is 0.704. The topological polar surface area (TPSA) is 90.9 Å². The van der Waals surface area contributed by atoms with Crippen molar-refractivity contribution in [2.24, 2.45) is 5.92 Å². The SMILES string of the molecule is Cc1ccc(N2CCN(C(=O)Oc3ccc(N4C(=O)C(C(C)C)NC4=S)nc3)CC2)nc1. The number of piperazine rings is 1. The van der Waals surface area contributed by atoms with Gasteiger partial charge in [0.25, 0.3) is 5.91 Å². The minimum absolute atomic E-state index is 0.105. The van der Waals surface area contributed by atoms with Crippen LogP contribution in [0.3, 0.4) is 0 Å². The first-order valence-corrected chi connectivity index (χ1v) is 11.0. The Bertz CT molecular complexity index is 1000. The Hall–Kier alpha value is -3.27. The van der Waals surface area contributed by atoms with Crippen LogP contribution in [0.1, 0.15) is 19.4 Å². The lowest BCUT2D eigenvalue weighted by Gasteiger charge is -2.34. The third-order valence-corrected chi connectivity index (χ3v) is 5.85. The van der Waals surface area contributed by atoms with E-state index in [4.69, 9.17) is 17.0 Å². The number of amides is 2. The van der Waals surface area contributed by atoms with Crippen molar-refractivity contribution in [1.82, 2.24) is 20.2 Å². The Morgan fingerprint density at radius 3 is 2.34 bits per heavy atom. The lowest BCUT2D eigenvalue weighted by Crippen LogP contribution is -2.49. The summed E-state index contributed by atoms with van der Waals surface area (Å²) in [6, 6.07) is 6.90. The predicted octanol–water partition coefficient (Wildman–Crippen LogP) is 2.35. The van der Waals surface area contributed by atoms with Crippen molar-refractivity contribution in [3.63, 3.8) is 0 Å². The van der Waals surface area contributed by atoms with Gasteiger partial charge in [0, 0.05) is 32.4 Å². The summed E-state index contributed by atoms with van der Waals surface area (Å²) in [5.74, 6) is 1.59. The Morgan fingerprint density at radius 2 is 1.78 bits per heavy atom. The van der Waals surface area contributed by atoms with Crippen LogP contribution in [0.15, 0.2) is 36.7 Å². The van der Waals surface area contributed by atoms with Gasteiger partial charge in [0.2, 0.25) is 0 Å². The highest BCUT2D eigenvalue weighted by Gasteiger charge is 2.38. The Kier molecular flexibility index (Phi) is 6.22. The van der Waals surface area contributed by atoms with Crippen LogP contribution in [0, 0.1) is 12.8 Å². The average molecular weight is 455 g/mol. The van der Waals surface area contributed by atoms with Crippen molar-refractivity contribution in [3.05, 3.63) is 42.2 Å². The van der Waals surface area contributed by atoms with E-state index >= 15 is 0 Å². The van der Waals surface area contributed by atoms with Gasteiger partial charge in [-0.15, -0.1) is 0 Å². The zero-order valence-corrected chi connectivity index (χ0v) is 19.1. The van der Waals surface area contributed by atoms with Gasteiger partial charge in [-0.1, -0.05) is 19.9 Å². The smallest absolute Gasteiger partial charge is 0.409 e. The maximum absolute atomic E-state index is 12.6. The number of ether oxygens (including phenoxy) is 1. The van der Waals surface area contributed by atoms with Gasteiger partial charge in [0.05, 0.1) is 6.20 Å². The number of carbonyl (C=O) groups is 2. The van der Waals surface area contributed by atoms with E-state index in [2.05, 4.69) is 20.2 Å². The van der Waals surface area contributed by atoms with Gasteiger partial charge < -0.3 is 19.9 Å². The molecule has 1 atom stereocenters. The van der Waals surface area contributed by atoms with Gasteiger partial charge in [-0.3, -0.25) is 4.79 Å². The Balaban J connectivity index is 1.33. The van der Waals surface area contributed by atoms with Crippen molar-refractivity contribution in [2.75, 3.05) is 36.0 Å². The van der Waals surface area contributed by atoms with Crippen molar-refractivity contribution >= 4 is 41.0 Å². The number of hydrogen-bond acceptors (Lipinski definition) is 7. The first-order valence-electron chi connectivity index (χ1n) is 10.6. The summed E-state index contributed by atoms with van der Waals surface area (Å²) in [7, 11) is 0. The highest BCUT2D eigenvalue weighted by Crippen LogP contribution is 2.23. The summed E-state index contributed by atoms with van der Waals surface area (Å²) >= 11 is 5.29. The highest BCUT2D eigenvalue weighted by atomic mass is 32.1. The number of thiocarbonyl (C=S) groups is 1. The molecule has 0 spiro atoms. The third-order valence-electron chi connectivity index (χ3n) is 5.55. The molecule has 0 aliphatic carbocycles. The molecule has 10 heteroatoms. The van der Waals surface area contributed by atoms with Crippen LogP contribution in [0.5, 0.6) is 5.75 Å². The number of nitrogens with one attached hydrogen (secondary N) is 1. The molecular formula is C22H26N6O3S. The zero-order valence-electron chi connectivity index (χ0n) is 18.3. The zero-order chi connectivity index (χ0) is 22.8. The lowest BCUT2D eigenvalue weighted by atomic mass is 10.1. The average Bonchev–Trinajstić information content (AvgIpc) is 3.09. The van der Waals surface area contributed by atoms with Gasteiger partial charge in [0.15, 0.2) is 10.9 Å². The molecule has 2 aromatic heterocycles. The van der Waals surface area contributed by atoms with Gasteiger partial charge in [-0.25, -0.2) is 19.7 Å². The van der Waals surface area contributed by atoms with Crippen LogP contribution in [-0.4, -0.2) is 64.2 Å². The summed E-state index contributed by atoms with van der Waals surface area (Å²) in [6.45, 7) is 8.35. The number of hydrogen-bond donors (Lipinski definition) is 1. The van der Waals surface area contributed by atoms with Crippen molar-refractivity contribution in [1.29, 1.82) is 0 Å². The largest absolute Gasteiger partial charge is 0.415 e. The fourth-order valence-corrected chi connectivity index (χ4v) is 3.97. The molecule has 32 heavy (non-hydrogen) atoms. The molecule has 1 N–H and O–H groups in total. The molecule has 2 saturated heterocycles. The van der Waals surface area contributed by atoms with E-state index in [0.29, 0.717) is 42.9 Å². The van der Waals surface area contributed by atoms with Crippen LogP contribution in [0.2, 0.25) is 0 Å². The van der Waals surface area contributed by atoms with Gasteiger partial charge in [-0.05, 0) is 48.8 Å². The van der Waals surface area contributed by atoms with Crippen LogP contribution in [0.25, 0.3) is 0 Å². The van der Waals surface area contributed by atoms with Gasteiger partial charge in [-0.2, -0.15) is 0 Å². The number of carbonyl (C=O) groups excluding carboxylic acids is 2. The van der Waals surface area contributed by atoms with E-state index < -0.39 is 6.09 Å². The van der Waals surface area contributed by atoms with E-state index in [1.165, 1.54) is 11.1 Å². The second-order valence-electron chi connectivity index (χ2n) is 8.23. The molecule has 4 rings (SSSR count). The molecule has 1 unspecified atom stereocenters. The molecular weight excluding hydrogens is 428 g/mol. The third kappa shape index (κ3) is 4.50. The Labute approximate surface area is 192 Å². The molecule has 2 aliphatic heterocycles. The van der Waals surface area contributed by atoms with Gasteiger partial charge >= 0.3 is 6.09 Å². The number of aryl methyl sites for hydroxylation is 1. The first kappa shape index (κ1) is 21.9. The summed E-state index contributed by atoms with van der Waals surface area (Å²) < 4.78 is 5.48. The summed E-state index contributed by atoms with van der Waals surface area (Å²) in [5.41, 5.74) is 1.11. The molecule has 2 amide bonds. The second kappa shape index (κ2) is 9.07. The monoisotopic (exact) mass is 454 g/mol. The first-order chi connectivity index (χ1) is 15.3. The predicted molar refractivity (Wildman–Crippen MR) is 125 cm³/mol. The number of rotatable bonds is 4. The van der Waals surface area contributed by atoms with Crippen molar-refractivity contribution in [3.8, 4) is 5.75 Å². The van der Waals surface area contributed by atoms with Crippen molar-refractivity contribution in [2.45, 2.75) is 26.8 Å². The molecule has 4 heterocycles. The maximum Gasteiger partial charge on any atom is 0.415 e. The minimum atomic E-state index is -0.426. The molecule has 2 aliphatic rings. The number of pyridine rings is 2. The number of anilines is 2. The van der Waals surface area contributed by atoms with Crippen LogP contribution in [-0.2, 0) is 4.79 Å². The van der Waals surface area contributed by atoms with Crippen molar-refractivity contribution < 1.29 is 14.3 Å².